The average Bonchev–Trinajstić information content (AvgIpc) is 2.39. The van der Waals surface area contributed by atoms with Crippen LogP contribution in [0.1, 0.15) is 17.5 Å². The molecule has 0 atom stereocenters. The van der Waals surface area contributed by atoms with Crippen molar-refractivity contribution in [1.82, 2.24) is 0 Å². The van der Waals surface area contributed by atoms with Crippen molar-refractivity contribution in [3.63, 3.8) is 0 Å². The van der Waals surface area contributed by atoms with Crippen LogP contribution >= 0.6 is 11.6 Å². The number of aryl methyl sites for hydroxylation is 1. The summed E-state index contributed by atoms with van der Waals surface area (Å²) in [5.74, 6) is 0.261. The number of rotatable bonds is 6. The zero-order valence-corrected chi connectivity index (χ0v) is 12.7. The van der Waals surface area contributed by atoms with E-state index in [-0.39, 0.29) is 11.5 Å². The molecular formula is C16H17ClO2S. The highest BCUT2D eigenvalue weighted by atomic mass is 35.5. The summed E-state index contributed by atoms with van der Waals surface area (Å²) in [6.07, 6.45) is 1.43. The van der Waals surface area contributed by atoms with Gasteiger partial charge in [0.2, 0.25) is 0 Å². The van der Waals surface area contributed by atoms with Gasteiger partial charge in [-0.1, -0.05) is 54.1 Å². The van der Waals surface area contributed by atoms with Crippen LogP contribution in [0.15, 0.2) is 54.6 Å². The molecule has 2 aromatic rings. The second kappa shape index (κ2) is 6.91. The Morgan fingerprint density at radius 1 is 0.900 bits per heavy atom. The molecule has 20 heavy (non-hydrogen) atoms. The van der Waals surface area contributed by atoms with Crippen LogP contribution in [0.4, 0.5) is 0 Å². The number of hydrogen-bond acceptors (Lipinski definition) is 2. The molecule has 0 aliphatic heterocycles. The Labute approximate surface area is 125 Å². The second-order valence-electron chi connectivity index (χ2n) is 4.81. The minimum Gasteiger partial charge on any atom is -0.228 e. The van der Waals surface area contributed by atoms with Gasteiger partial charge in [-0.05, 0) is 36.1 Å². The monoisotopic (exact) mass is 308 g/mol. The maximum Gasteiger partial charge on any atom is 0.154 e. The number of halogens is 1. The smallest absolute Gasteiger partial charge is 0.154 e. The summed E-state index contributed by atoms with van der Waals surface area (Å²) in [6.45, 7) is 0. The molecule has 4 heteroatoms. The summed E-state index contributed by atoms with van der Waals surface area (Å²) < 4.78 is 24.1. The summed E-state index contributed by atoms with van der Waals surface area (Å²) in [5, 5.41) is 0.571. The lowest BCUT2D eigenvalue weighted by Crippen LogP contribution is -2.10. The highest BCUT2D eigenvalue weighted by Crippen LogP contribution is 2.14. The van der Waals surface area contributed by atoms with E-state index in [9.17, 15) is 8.42 Å². The number of hydrogen-bond donors (Lipinski definition) is 0. The van der Waals surface area contributed by atoms with Crippen molar-refractivity contribution in [1.29, 1.82) is 0 Å². The van der Waals surface area contributed by atoms with Crippen LogP contribution in [0.3, 0.4) is 0 Å². The summed E-state index contributed by atoms with van der Waals surface area (Å²) in [7, 11) is -3.08. The molecule has 0 unspecified atom stereocenters. The summed E-state index contributed by atoms with van der Waals surface area (Å²) in [4.78, 5) is 0. The normalized spacial score (nSPS) is 11.4. The van der Waals surface area contributed by atoms with Crippen LogP contribution in [-0.4, -0.2) is 14.2 Å². The number of benzene rings is 2. The third-order valence-corrected chi connectivity index (χ3v) is 4.96. The third kappa shape index (κ3) is 4.99. The topological polar surface area (TPSA) is 34.1 Å². The zero-order valence-electron chi connectivity index (χ0n) is 11.1. The Hall–Kier alpha value is -1.32. The number of sulfone groups is 1. The van der Waals surface area contributed by atoms with Crippen LogP contribution in [0.2, 0.25) is 5.02 Å². The average molecular weight is 309 g/mol. The fraction of sp³-hybridized carbons (Fsp3) is 0.250. The van der Waals surface area contributed by atoms with E-state index < -0.39 is 9.84 Å². The Balaban J connectivity index is 1.88. The molecule has 0 aromatic heterocycles. The van der Waals surface area contributed by atoms with E-state index >= 15 is 0 Å². The predicted octanol–water partition coefficient (Wildman–Crippen LogP) is 3.89. The molecule has 0 saturated heterocycles. The fourth-order valence-corrected chi connectivity index (χ4v) is 3.72. The van der Waals surface area contributed by atoms with Crippen molar-refractivity contribution in [2.24, 2.45) is 0 Å². The molecule has 0 heterocycles. The minimum absolute atomic E-state index is 0.0579. The van der Waals surface area contributed by atoms with Gasteiger partial charge < -0.3 is 0 Å². The lowest BCUT2D eigenvalue weighted by molar-refractivity contribution is 0.592. The molecule has 0 aliphatic carbocycles. The van der Waals surface area contributed by atoms with E-state index in [0.29, 0.717) is 11.4 Å². The van der Waals surface area contributed by atoms with Gasteiger partial charge >= 0.3 is 0 Å². The molecule has 0 radical (unpaired) electrons. The zero-order chi connectivity index (χ0) is 14.4. The summed E-state index contributed by atoms with van der Waals surface area (Å²) in [5.41, 5.74) is 1.92. The lowest BCUT2D eigenvalue weighted by Gasteiger charge is -2.05. The quantitative estimate of drug-likeness (QED) is 0.811. The Morgan fingerprint density at radius 3 is 2.30 bits per heavy atom. The van der Waals surface area contributed by atoms with Gasteiger partial charge in [-0.2, -0.15) is 0 Å². The van der Waals surface area contributed by atoms with Crippen molar-refractivity contribution in [3.05, 3.63) is 70.7 Å². The van der Waals surface area contributed by atoms with Crippen LogP contribution < -0.4 is 0 Å². The van der Waals surface area contributed by atoms with E-state index in [0.717, 1.165) is 12.0 Å². The van der Waals surface area contributed by atoms with E-state index in [4.69, 9.17) is 11.6 Å². The van der Waals surface area contributed by atoms with Crippen LogP contribution in [0.25, 0.3) is 0 Å². The second-order valence-corrected chi connectivity index (χ2v) is 7.43. The SMILES string of the molecule is O=S(=O)(CCCc1ccccc1)Cc1cccc(Cl)c1. The molecule has 0 amide bonds. The van der Waals surface area contributed by atoms with Gasteiger partial charge in [-0.15, -0.1) is 0 Å². The Kier molecular flexibility index (Phi) is 5.21. The van der Waals surface area contributed by atoms with E-state index in [2.05, 4.69) is 0 Å². The molecule has 2 nitrogen and oxygen atoms in total. The van der Waals surface area contributed by atoms with Crippen molar-refractivity contribution >= 4 is 21.4 Å². The first-order chi connectivity index (χ1) is 9.55. The lowest BCUT2D eigenvalue weighted by atomic mass is 10.1. The molecule has 0 fully saturated rings. The first kappa shape index (κ1) is 15.1. The maximum absolute atomic E-state index is 12.1. The molecule has 0 saturated carbocycles. The Morgan fingerprint density at radius 2 is 1.60 bits per heavy atom. The van der Waals surface area contributed by atoms with Crippen LogP contribution in [-0.2, 0) is 22.0 Å². The van der Waals surface area contributed by atoms with Gasteiger partial charge in [-0.3, -0.25) is 0 Å². The molecule has 2 aromatic carbocycles. The summed E-state index contributed by atoms with van der Waals surface area (Å²) >= 11 is 5.86. The predicted molar refractivity (Wildman–Crippen MR) is 83.7 cm³/mol. The molecule has 0 spiro atoms. The van der Waals surface area contributed by atoms with Crippen molar-refractivity contribution in [2.75, 3.05) is 5.75 Å². The van der Waals surface area contributed by atoms with Crippen molar-refractivity contribution in [3.8, 4) is 0 Å². The van der Waals surface area contributed by atoms with Crippen LogP contribution in [0, 0.1) is 0 Å². The van der Waals surface area contributed by atoms with Gasteiger partial charge in [-0.25, -0.2) is 8.42 Å². The van der Waals surface area contributed by atoms with E-state index in [1.165, 1.54) is 5.56 Å². The van der Waals surface area contributed by atoms with E-state index in [1.807, 2.05) is 30.3 Å². The maximum atomic E-state index is 12.1. The minimum atomic E-state index is -3.08. The van der Waals surface area contributed by atoms with Gasteiger partial charge in [0, 0.05) is 5.02 Å². The van der Waals surface area contributed by atoms with Crippen molar-refractivity contribution in [2.45, 2.75) is 18.6 Å². The first-order valence-corrected chi connectivity index (χ1v) is 8.74. The van der Waals surface area contributed by atoms with Gasteiger partial charge in [0.25, 0.3) is 0 Å². The molecule has 2 rings (SSSR count). The summed E-state index contributed by atoms with van der Waals surface area (Å²) in [6, 6.07) is 16.9. The Bertz CT molecular complexity index is 651. The van der Waals surface area contributed by atoms with Gasteiger partial charge in [0.15, 0.2) is 9.84 Å². The third-order valence-electron chi connectivity index (χ3n) is 3.04. The fourth-order valence-electron chi connectivity index (χ4n) is 2.09. The molecule has 106 valence electrons. The molecular weight excluding hydrogens is 292 g/mol. The standard InChI is InChI=1S/C16H17ClO2S/c17-16-10-4-8-15(12-16)13-20(18,19)11-5-9-14-6-2-1-3-7-14/h1-4,6-8,10,12H,5,9,11,13H2. The highest BCUT2D eigenvalue weighted by Gasteiger charge is 2.12. The first-order valence-electron chi connectivity index (χ1n) is 6.54. The van der Waals surface area contributed by atoms with Crippen LogP contribution in [0.5, 0.6) is 0 Å². The largest absolute Gasteiger partial charge is 0.228 e. The highest BCUT2D eigenvalue weighted by molar-refractivity contribution is 7.90. The molecule has 0 bridgehead atoms. The van der Waals surface area contributed by atoms with Gasteiger partial charge in [0.1, 0.15) is 0 Å². The van der Waals surface area contributed by atoms with E-state index in [1.54, 1.807) is 24.3 Å². The molecule has 0 aliphatic rings. The molecule has 0 N–H and O–H groups in total. The van der Waals surface area contributed by atoms with Crippen molar-refractivity contribution < 1.29 is 8.42 Å². The van der Waals surface area contributed by atoms with Gasteiger partial charge in [0.05, 0.1) is 11.5 Å².